The standard InChI is InChI=1S/C16H25N3O2/c1-11-9-19(10-12(2)21-11)16(20)18-15-7-5-6-14(8-15)13(3)17-4/h5-8,11-13,17H,9-10H2,1-4H3,(H,18,20). The lowest BCUT2D eigenvalue weighted by Gasteiger charge is -2.35. The first kappa shape index (κ1) is 15.8. The molecule has 1 aromatic carbocycles. The van der Waals surface area contributed by atoms with Crippen molar-refractivity contribution >= 4 is 11.7 Å². The second-order valence-corrected chi connectivity index (χ2v) is 5.73. The fourth-order valence-corrected chi connectivity index (χ4v) is 2.60. The van der Waals surface area contributed by atoms with E-state index in [1.54, 1.807) is 0 Å². The number of carbonyl (C=O) groups excluding carboxylic acids is 1. The molecule has 1 aliphatic rings. The van der Waals surface area contributed by atoms with Crippen LogP contribution in [0.3, 0.4) is 0 Å². The van der Waals surface area contributed by atoms with Crippen LogP contribution >= 0.6 is 0 Å². The zero-order valence-electron chi connectivity index (χ0n) is 13.2. The van der Waals surface area contributed by atoms with Crippen LogP contribution in [0, 0.1) is 0 Å². The van der Waals surface area contributed by atoms with Gasteiger partial charge in [0.25, 0.3) is 0 Å². The molecular weight excluding hydrogens is 266 g/mol. The summed E-state index contributed by atoms with van der Waals surface area (Å²) >= 11 is 0. The Balaban J connectivity index is 2.02. The van der Waals surface area contributed by atoms with E-state index in [1.807, 2.05) is 44.0 Å². The molecule has 0 saturated carbocycles. The highest BCUT2D eigenvalue weighted by Crippen LogP contribution is 2.18. The highest BCUT2D eigenvalue weighted by molar-refractivity contribution is 5.89. The van der Waals surface area contributed by atoms with Gasteiger partial charge in [-0.2, -0.15) is 0 Å². The predicted molar refractivity (Wildman–Crippen MR) is 84.5 cm³/mol. The van der Waals surface area contributed by atoms with Crippen molar-refractivity contribution in [1.82, 2.24) is 10.2 Å². The lowest BCUT2D eigenvalue weighted by atomic mass is 10.1. The molecule has 5 nitrogen and oxygen atoms in total. The van der Waals surface area contributed by atoms with Gasteiger partial charge in [-0.15, -0.1) is 0 Å². The number of ether oxygens (including phenoxy) is 1. The summed E-state index contributed by atoms with van der Waals surface area (Å²) in [6.45, 7) is 7.33. The number of nitrogens with one attached hydrogen (secondary N) is 2. The van der Waals surface area contributed by atoms with Crippen LogP contribution in [0.25, 0.3) is 0 Å². The van der Waals surface area contributed by atoms with Gasteiger partial charge >= 0.3 is 6.03 Å². The van der Waals surface area contributed by atoms with Gasteiger partial charge in [0.1, 0.15) is 0 Å². The summed E-state index contributed by atoms with van der Waals surface area (Å²) in [6, 6.07) is 8.12. The SMILES string of the molecule is CNC(C)c1cccc(NC(=O)N2CC(C)OC(C)C2)c1. The molecule has 0 aromatic heterocycles. The molecule has 5 heteroatoms. The van der Waals surface area contributed by atoms with Crippen LogP contribution in [0.5, 0.6) is 0 Å². The molecule has 0 aliphatic carbocycles. The zero-order valence-corrected chi connectivity index (χ0v) is 13.2. The maximum atomic E-state index is 12.4. The Bertz CT molecular complexity index is 482. The molecule has 21 heavy (non-hydrogen) atoms. The number of urea groups is 1. The van der Waals surface area contributed by atoms with Gasteiger partial charge < -0.3 is 20.3 Å². The largest absolute Gasteiger partial charge is 0.372 e. The normalized spacial score (nSPS) is 23.7. The highest BCUT2D eigenvalue weighted by Gasteiger charge is 2.25. The van der Waals surface area contributed by atoms with Crippen molar-refractivity contribution in [2.75, 3.05) is 25.5 Å². The van der Waals surface area contributed by atoms with Crippen LogP contribution in [0.1, 0.15) is 32.4 Å². The monoisotopic (exact) mass is 291 g/mol. The minimum atomic E-state index is -0.0636. The van der Waals surface area contributed by atoms with Gasteiger partial charge in [-0.05, 0) is 45.5 Å². The minimum Gasteiger partial charge on any atom is -0.372 e. The molecule has 1 aliphatic heterocycles. The third-order valence-electron chi connectivity index (χ3n) is 3.78. The molecule has 0 radical (unpaired) electrons. The predicted octanol–water partition coefficient (Wildman–Crippen LogP) is 2.61. The molecular formula is C16H25N3O2. The van der Waals surface area contributed by atoms with Crippen molar-refractivity contribution in [1.29, 1.82) is 0 Å². The van der Waals surface area contributed by atoms with E-state index in [0.717, 1.165) is 11.3 Å². The number of hydrogen-bond donors (Lipinski definition) is 2. The van der Waals surface area contributed by atoms with E-state index in [2.05, 4.69) is 23.6 Å². The van der Waals surface area contributed by atoms with Gasteiger partial charge in [-0.1, -0.05) is 12.1 Å². The fraction of sp³-hybridized carbons (Fsp3) is 0.562. The molecule has 1 heterocycles. The summed E-state index contributed by atoms with van der Waals surface area (Å²) < 4.78 is 5.65. The number of morpholine rings is 1. The third kappa shape index (κ3) is 4.19. The molecule has 3 unspecified atom stereocenters. The van der Waals surface area contributed by atoms with Crippen LogP contribution in [-0.4, -0.2) is 43.3 Å². The van der Waals surface area contributed by atoms with Crippen LogP contribution in [-0.2, 0) is 4.74 Å². The second kappa shape index (κ2) is 6.91. The average Bonchev–Trinajstić information content (AvgIpc) is 2.45. The van der Waals surface area contributed by atoms with Crippen molar-refractivity contribution in [2.24, 2.45) is 0 Å². The molecule has 3 atom stereocenters. The summed E-state index contributed by atoms with van der Waals surface area (Å²) in [7, 11) is 1.92. The Labute approximate surface area is 126 Å². The van der Waals surface area contributed by atoms with E-state index >= 15 is 0 Å². The fourth-order valence-electron chi connectivity index (χ4n) is 2.60. The van der Waals surface area contributed by atoms with Crippen LogP contribution in [0.15, 0.2) is 24.3 Å². The van der Waals surface area contributed by atoms with Gasteiger partial charge in [-0.25, -0.2) is 4.79 Å². The van der Waals surface area contributed by atoms with Crippen molar-refractivity contribution < 1.29 is 9.53 Å². The molecule has 0 spiro atoms. The van der Waals surface area contributed by atoms with Crippen molar-refractivity contribution in [3.05, 3.63) is 29.8 Å². The molecule has 1 fully saturated rings. The molecule has 2 amide bonds. The molecule has 116 valence electrons. The number of carbonyl (C=O) groups is 1. The van der Waals surface area contributed by atoms with Crippen molar-refractivity contribution in [2.45, 2.75) is 39.0 Å². The minimum absolute atomic E-state index is 0.0636. The first-order chi connectivity index (χ1) is 9.99. The smallest absolute Gasteiger partial charge is 0.322 e. The summed E-state index contributed by atoms with van der Waals surface area (Å²) in [5.41, 5.74) is 1.98. The van der Waals surface area contributed by atoms with E-state index < -0.39 is 0 Å². The Hall–Kier alpha value is -1.59. The summed E-state index contributed by atoms with van der Waals surface area (Å²) in [4.78, 5) is 14.2. The van der Waals surface area contributed by atoms with Crippen LogP contribution in [0.4, 0.5) is 10.5 Å². The van der Waals surface area contributed by atoms with E-state index in [-0.39, 0.29) is 24.3 Å². The number of hydrogen-bond acceptors (Lipinski definition) is 3. The zero-order chi connectivity index (χ0) is 15.4. The average molecular weight is 291 g/mol. The quantitative estimate of drug-likeness (QED) is 0.900. The lowest BCUT2D eigenvalue weighted by molar-refractivity contribution is -0.0530. The maximum Gasteiger partial charge on any atom is 0.322 e. The number of nitrogens with zero attached hydrogens (tertiary/aromatic N) is 1. The first-order valence-electron chi connectivity index (χ1n) is 7.48. The Morgan fingerprint density at radius 3 is 2.62 bits per heavy atom. The summed E-state index contributed by atoms with van der Waals surface area (Å²) in [6.07, 6.45) is 0.158. The maximum absolute atomic E-state index is 12.4. The van der Waals surface area contributed by atoms with Crippen LogP contribution < -0.4 is 10.6 Å². The van der Waals surface area contributed by atoms with Gasteiger partial charge in [0.15, 0.2) is 0 Å². The van der Waals surface area contributed by atoms with Crippen LogP contribution in [0.2, 0.25) is 0 Å². The molecule has 2 rings (SSSR count). The number of amides is 2. The van der Waals surface area contributed by atoms with E-state index in [1.165, 1.54) is 0 Å². The Morgan fingerprint density at radius 1 is 1.33 bits per heavy atom. The molecule has 0 bridgehead atoms. The topological polar surface area (TPSA) is 53.6 Å². The third-order valence-corrected chi connectivity index (χ3v) is 3.78. The highest BCUT2D eigenvalue weighted by atomic mass is 16.5. The molecule has 1 aromatic rings. The van der Waals surface area contributed by atoms with Crippen molar-refractivity contribution in [3.63, 3.8) is 0 Å². The number of rotatable bonds is 3. The van der Waals surface area contributed by atoms with E-state index in [4.69, 9.17) is 4.74 Å². The Morgan fingerprint density at radius 2 is 2.00 bits per heavy atom. The van der Waals surface area contributed by atoms with Gasteiger partial charge in [0.2, 0.25) is 0 Å². The first-order valence-corrected chi connectivity index (χ1v) is 7.48. The summed E-state index contributed by atoms with van der Waals surface area (Å²) in [5, 5.41) is 6.17. The van der Waals surface area contributed by atoms with Gasteiger partial charge in [-0.3, -0.25) is 0 Å². The second-order valence-electron chi connectivity index (χ2n) is 5.73. The van der Waals surface area contributed by atoms with Crippen molar-refractivity contribution in [3.8, 4) is 0 Å². The molecule has 1 saturated heterocycles. The van der Waals surface area contributed by atoms with E-state index in [0.29, 0.717) is 13.1 Å². The summed E-state index contributed by atoms with van der Waals surface area (Å²) in [5.74, 6) is 0. The number of anilines is 1. The molecule has 2 N–H and O–H groups in total. The van der Waals surface area contributed by atoms with Gasteiger partial charge in [0.05, 0.1) is 12.2 Å². The van der Waals surface area contributed by atoms with Gasteiger partial charge in [0, 0.05) is 24.8 Å². The van der Waals surface area contributed by atoms with E-state index in [9.17, 15) is 4.79 Å². The number of benzene rings is 1. The Kier molecular flexibility index (Phi) is 5.20. The lowest BCUT2D eigenvalue weighted by Crippen LogP contribution is -2.49.